The van der Waals surface area contributed by atoms with Crippen molar-refractivity contribution in [2.24, 2.45) is 5.92 Å². The highest BCUT2D eigenvalue weighted by molar-refractivity contribution is 5.98. The van der Waals surface area contributed by atoms with Crippen LogP contribution in [0.2, 0.25) is 0 Å². The Bertz CT molecular complexity index is 1240. The molecule has 0 aliphatic carbocycles. The summed E-state index contributed by atoms with van der Waals surface area (Å²) in [6, 6.07) is 8.74. The van der Waals surface area contributed by atoms with E-state index in [1.54, 1.807) is 24.9 Å². The van der Waals surface area contributed by atoms with E-state index in [1.165, 1.54) is 17.0 Å². The number of rotatable bonds is 6. The van der Waals surface area contributed by atoms with E-state index < -0.39 is 29.9 Å². The Kier molecular flexibility index (Phi) is 12.3. The van der Waals surface area contributed by atoms with Crippen LogP contribution in [0.5, 0.6) is 5.75 Å². The highest BCUT2D eigenvalue weighted by Crippen LogP contribution is 2.31. The van der Waals surface area contributed by atoms with Gasteiger partial charge in [0.05, 0.1) is 36.0 Å². The van der Waals surface area contributed by atoms with Crippen molar-refractivity contribution in [1.29, 1.82) is 0 Å². The van der Waals surface area contributed by atoms with Crippen LogP contribution in [-0.2, 0) is 10.9 Å². The van der Waals surface area contributed by atoms with Crippen LogP contribution in [0.15, 0.2) is 42.5 Å². The van der Waals surface area contributed by atoms with E-state index in [-0.39, 0.29) is 43.3 Å². The molecule has 0 saturated carbocycles. The zero-order chi connectivity index (χ0) is 32.6. The molecule has 0 aromatic heterocycles. The predicted molar refractivity (Wildman–Crippen MR) is 164 cm³/mol. The van der Waals surface area contributed by atoms with Crippen molar-refractivity contribution >= 4 is 23.3 Å². The summed E-state index contributed by atoms with van der Waals surface area (Å²) >= 11 is 0. The molecule has 0 spiro atoms. The first-order chi connectivity index (χ1) is 20.7. The molecule has 1 aliphatic heterocycles. The van der Waals surface area contributed by atoms with Crippen LogP contribution in [0.4, 0.5) is 29.3 Å². The van der Waals surface area contributed by atoms with Crippen molar-refractivity contribution in [2.75, 3.05) is 57.7 Å². The zero-order valence-corrected chi connectivity index (χ0v) is 26.4. The smallest absolute Gasteiger partial charge is 0.416 e. The largest absolute Gasteiger partial charge is 0.490 e. The predicted octanol–water partition coefficient (Wildman–Crippen LogP) is 5.73. The summed E-state index contributed by atoms with van der Waals surface area (Å²) in [5.41, 5.74) is 0.665. The number of fused-ring (bicyclic) bond motifs is 1. The SMILES string of the molecule is C[C@H]1CCCCO[C@@H](CN(C)C(=O)Nc2ccc(C(F)(F)F)cc2)[C@@H](C)CN([C@@H](C)CO)C(=O)c2cc(N(C)C)ccc2O1. The van der Waals surface area contributed by atoms with Crippen molar-refractivity contribution in [2.45, 2.75) is 64.5 Å². The number of hydrogen-bond acceptors (Lipinski definition) is 6. The standard InChI is InChI=1S/C32H45F3N4O5/c1-21-18-39(22(2)20-40)30(41)27-17-26(37(4)5)14-15-28(27)44-23(3)9-7-8-16-43-29(21)19-38(6)31(42)36-25-12-10-24(11-13-25)32(33,34)35/h10-15,17,21-23,29,40H,7-9,16,18-20H2,1-6H3,(H,36,42)/t21-,22-,23-,29-/m0/s1. The van der Waals surface area contributed by atoms with E-state index in [1.807, 2.05) is 45.0 Å². The van der Waals surface area contributed by atoms with Gasteiger partial charge < -0.3 is 34.6 Å². The van der Waals surface area contributed by atoms with Gasteiger partial charge in [-0.2, -0.15) is 13.2 Å². The van der Waals surface area contributed by atoms with Gasteiger partial charge in [-0.05, 0) is 75.6 Å². The first-order valence-electron chi connectivity index (χ1n) is 14.9. The summed E-state index contributed by atoms with van der Waals surface area (Å²) in [5.74, 6) is -0.0496. The van der Waals surface area contributed by atoms with E-state index in [2.05, 4.69) is 5.32 Å². The fourth-order valence-corrected chi connectivity index (χ4v) is 4.97. The lowest BCUT2D eigenvalue weighted by atomic mass is 10.0. The van der Waals surface area contributed by atoms with Crippen molar-refractivity contribution in [3.63, 3.8) is 0 Å². The number of hydrogen-bond donors (Lipinski definition) is 2. The number of ether oxygens (including phenoxy) is 2. The molecule has 0 bridgehead atoms. The van der Waals surface area contributed by atoms with Crippen molar-refractivity contribution < 1.29 is 37.3 Å². The third-order valence-corrected chi connectivity index (χ3v) is 7.82. The molecule has 44 heavy (non-hydrogen) atoms. The molecule has 2 aromatic rings. The number of nitrogens with zero attached hydrogens (tertiary/aromatic N) is 3. The van der Waals surface area contributed by atoms with Crippen LogP contribution >= 0.6 is 0 Å². The molecule has 12 heteroatoms. The number of carbonyl (C=O) groups is 2. The number of likely N-dealkylation sites (N-methyl/N-ethyl adjacent to an activating group) is 1. The molecule has 0 unspecified atom stereocenters. The van der Waals surface area contributed by atoms with Crippen molar-refractivity contribution in [1.82, 2.24) is 9.80 Å². The summed E-state index contributed by atoms with van der Waals surface area (Å²) in [6.45, 7) is 6.25. The highest BCUT2D eigenvalue weighted by Gasteiger charge is 2.32. The van der Waals surface area contributed by atoms with E-state index in [0.717, 1.165) is 37.1 Å². The van der Waals surface area contributed by atoms with Gasteiger partial charge in [-0.1, -0.05) is 6.92 Å². The molecule has 244 valence electrons. The minimum Gasteiger partial charge on any atom is -0.490 e. The molecular weight excluding hydrogens is 577 g/mol. The maximum Gasteiger partial charge on any atom is 0.416 e. The third kappa shape index (κ3) is 9.49. The number of nitrogens with one attached hydrogen (secondary N) is 1. The van der Waals surface area contributed by atoms with E-state index >= 15 is 0 Å². The van der Waals surface area contributed by atoms with E-state index in [4.69, 9.17) is 9.47 Å². The average Bonchev–Trinajstić information content (AvgIpc) is 2.97. The summed E-state index contributed by atoms with van der Waals surface area (Å²) in [6.07, 6.45) is -2.74. The number of anilines is 2. The van der Waals surface area contributed by atoms with Gasteiger partial charge in [-0.25, -0.2) is 4.79 Å². The number of carbonyl (C=O) groups excluding carboxylic acids is 2. The average molecular weight is 623 g/mol. The van der Waals surface area contributed by atoms with Crippen LogP contribution in [0, 0.1) is 5.92 Å². The molecule has 0 fully saturated rings. The molecule has 2 aromatic carbocycles. The van der Waals surface area contributed by atoms with Crippen LogP contribution in [-0.4, -0.2) is 92.5 Å². The second-order valence-electron chi connectivity index (χ2n) is 11.8. The minimum absolute atomic E-state index is 0.145. The lowest BCUT2D eigenvalue weighted by molar-refractivity contribution is -0.137. The Hall–Kier alpha value is -3.51. The van der Waals surface area contributed by atoms with Gasteiger partial charge in [0.15, 0.2) is 0 Å². The number of benzene rings is 2. The van der Waals surface area contributed by atoms with Gasteiger partial charge in [0.25, 0.3) is 5.91 Å². The maximum atomic E-state index is 14.1. The topological polar surface area (TPSA) is 94.6 Å². The monoisotopic (exact) mass is 622 g/mol. The summed E-state index contributed by atoms with van der Waals surface area (Å²) in [4.78, 5) is 32.0. The first-order valence-corrected chi connectivity index (χ1v) is 14.9. The number of amides is 3. The number of urea groups is 1. The number of aliphatic hydroxyl groups is 1. The summed E-state index contributed by atoms with van der Waals surface area (Å²) < 4.78 is 51.3. The Morgan fingerprint density at radius 3 is 2.41 bits per heavy atom. The van der Waals surface area contributed by atoms with Crippen LogP contribution < -0.4 is 15.0 Å². The molecule has 2 N–H and O–H groups in total. The number of halogens is 3. The molecule has 3 amide bonds. The normalized spacial score (nSPS) is 21.0. The lowest BCUT2D eigenvalue weighted by Crippen LogP contribution is -2.48. The van der Waals surface area contributed by atoms with E-state index in [9.17, 15) is 27.9 Å². The van der Waals surface area contributed by atoms with Crippen LogP contribution in [0.1, 0.15) is 56.0 Å². The van der Waals surface area contributed by atoms with Gasteiger partial charge in [0.2, 0.25) is 0 Å². The molecule has 4 atom stereocenters. The van der Waals surface area contributed by atoms with Crippen LogP contribution in [0.25, 0.3) is 0 Å². The molecule has 1 aliphatic rings. The Balaban J connectivity index is 1.84. The van der Waals surface area contributed by atoms with Crippen molar-refractivity contribution in [3.8, 4) is 5.75 Å². The van der Waals surface area contributed by atoms with Crippen LogP contribution in [0.3, 0.4) is 0 Å². The molecule has 9 nitrogen and oxygen atoms in total. The first kappa shape index (κ1) is 35.0. The second-order valence-corrected chi connectivity index (χ2v) is 11.8. The molecular formula is C32H45F3N4O5. The molecule has 0 saturated heterocycles. The van der Waals surface area contributed by atoms with Crippen molar-refractivity contribution in [3.05, 3.63) is 53.6 Å². The Morgan fingerprint density at radius 1 is 1.11 bits per heavy atom. The van der Waals surface area contributed by atoms with E-state index in [0.29, 0.717) is 17.9 Å². The molecule has 1 heterocycles. The number of aliphatic hydroxyl groups excluding tert-OH is 1. The number of alkyl halides is 3. The quantitative estimate of drug-likeness (QED) is 0.428. The maximum absolute atomic E-state index is 14.1. The van der Waals surface area contributed by atoms with Gasteiger partial charge in [0.1, 0.15) is 5.75 Å². The zero-order valence-electron chi connectivity index (χ0n) is 26.4. The highest BCUT2D eigenvalue weighted by atomic mass is 19.4. The fraction of sp³-hybridized carbons (Fsp3) is 0.562. The lowest BCUT2D eigenvalue weighted by Gasteiger charge is -2.36. The summed E-state index contributed by atoms with van der Waals surface area (Å²) in [7, 11) is 5.36. The Labute approximate surface area is 257 Å². The summed E-state index contributed by atoms with van der Waals surface area (Å²) in [5, 5.41) is 12.7. The Morgan fingerprint density at radius 2 is 1.80 bits per heavy atom. The minimum atomic E-state index is -4.47. The van der Waals surface area contributed by atoms with Gasteiger partial charge in [-0.15, -0.1) is 0 Å². The second kappa shape index (κ2) is 15.5. The van der Waals surface area contributed by atoms with Gasteiger partial charge in [0, 0.05) is 58.1 Å². The fourth-order valence-electron chi connectivity index (χ4n) is 4.97. The van der Waals surface area contributed by atoms with Gasteiger partial charge >= 0.3 is 12.2 Å². The third-order valence-electron chi connectivity index (χ3n) is 7.82. The molecule has 3 rings (SSSR count). The van der Waals surface area contributed by atoms with Gasteiger partial charge in [-0.3, -0.25) is 4.79 Å². The molecule has 0 radical (unpaired) electrons.